The zero-order chi connectivity index (χ0) is 17.9. The molecule has 4 rings (SSSR count). The number of rotatable bonds is 5. The Kier molecular flexibility index (Phi) is 7.86. The quantitative estimate of drug-likeness (QED) is 0.659. The summed E-state index contributed by atoms with van der Waals surface area (Å²) in [6.07, 6.45) is 6.00. The average Bonchev–Trinajstić information content (AvgIpc) is 3.17. The van der Waals surface area contributed by atoms with Gasteiger partial charge in [-0.1, -0.05) is 6.07 Å². The van der Waals surface area contributed by atoms with Crippen molar-refractivity contribution in [2.75, 3.05) is 6.54 Å². The molecular formula is C19H26Cl2N6O. The first-order chi connectivity index (χ1) is 12.7. The predicted octanol–water partition coefficient (Wildman–Crippen LogP) is 2.43. The Labute approximate surface area is 176 Å². The van der Waals surface area contributed by atoms with Crippen molar-refractivity contribution in [1.29, 1.82) is 0 Å². The van der Waals surface area contributed by atoms with Crippen molar-refractivity contribution in [3.63, 3.8) is 0 Å². The minimum Gasteiger partial charge on any atom is -0.350 e. The zero-order valence-electron chi connectivity index (χ0n) is 15.9. The molecule has 0 unspecified atom stereocenters. The van der Waals surface area contributed by atoms with Crippen LogP contribution in [0.2, 0.25) is 0 Å². The summed E-state index contributed by atoms with van der Waals surface area (Å²) < 4.78 is 4.09. The molecule has 0 radical (unpaired) electrons. The summed E-state index contributed by atoms with van der Waals surface area (Å²) in [7, 11) is 0. The van der Waals surface area contributed by atoms with Gasteiger partial charge in [0.05, 0.1) is 29.8 Å². The van der Waals surface area contributed by atoms with Gasteiger partial charge in [0.25, 0.3) is 0 Å². The smallest absolute Gasteiger partial charge is 0.220 e. The third-order valence-electron chi connectivity index (χ3n) is 4.83. The fourth-order valence-corrected chi connectivity index (χ4v) is 3.40. The second-order valence-electron chi connectivity index (χ2n) is 6.79. The number of aryl methyl sites for hydroxylation is 3. The Bertz CT molecular complexity index is 912. The van der Waals surface area contributed by atoms with Gasteiger partial charge in [-0.2, -0.15) is 5.10 Å². The van der Waals surface area contributed by atoms with Crippen LogP contribution in [-0.4, -0.2) is 31.6 Å². The highest BCUT2D eigenvalue weighted by Crippen LogP contribution is 2.12. The van der Waals surface area contributed by atoms with Crippen molar-refractivity contribution in [1.82, 2.24) is 29.8 Å². The number of halogens is 2. The Morgan fingerprint density at radius 2 is 2.21 bits per heavy atom. The van der Waals surface area contributed by atoms with Crippen molar-refractivity contribution in [2.24, 2.45) is 0 Å². The fourth-order valence-electron chi connectivity index (χ4n) is 3.40. The normalized spacial score (nSPS) is 13.2. The summed E-state index contributed by atoms with van der Waals surface area (Å²) >= 11 is 0. The van der Waals surface area contributed by atoms with Crippen LogP contribution in [0.1, 0.15) is 35.5 Å². The van der Waals surface area contributed by atoms with Gasteiger partial charge in [0, 0.05) is 32.1 Å². The third-order valence-corrected chi connectivity index (χ3v) is 4.83. The molecule has 2 N–H and O–H groups in total. The van der Waals surface area contributed by atoms with Gasteiger partial charge in [-0.05, 0) is 37.6 Å². The highest BCUT2D eigenvalue weighted by Gasteiger charge is 2.12. The third kappa shape index (κ3) is 4.84. The number of fused-ring (bicyclic) bond motifs is 2. The molecule has 28 heavy (non-hydrogen) atoms. The van der Waals surface area contributed by atoms with Crippen molar-refractivity contribution < 1.29 is 4.79 Å². The molecule has 3 aromatic heterocycles. The summed E-state index contributed by atoms with van der Waals surface area (Å²) in [5.41, 5.74) is 5.24. The molecular weight excluding hydrogens is 399 g/mol. The van der Waals surface area contributed by atoms with E-state index in [4.69, 9.17) is 0 Å². The topological polar surface area (TPSA) is 76.2 Å². The number of nitrogens with zero attached hydrogens (tertiary/aromatic N) is 4. The molecule has 0 saturated carbocycles. The van der Waals surface area contributed by atoms with E-state index < -0.39 is 0 Å². The first-order valence-electron chi connectivity index (χ1n) is 9.15. The number of carbonyl (C=O) groups is 1. The van der Waals surface area contributed by atoms with Crippen LogP contribution in [0.5, 0.6) is 0 Å². The van der Waals surface area contributed by atoms with Gasteiger partial charge in [0.2, 0.25) is 5.91 Å². The van der Waals surface area contributed by atoms with E-state index in [-0.39, 0.29) is 30.7 Å². The van der Waals surface area contributed by atoms with Gasteiger partial charge < -0.3 is 15.0 Å². The van der Waals surface area contributed by atoms with Crippen LogP contribution >= 0.6 is 24.8 Å². The van der Waals surface area contributed by atoms with Gasteiger partial charge in [-0.3, -0.25) is 9.48 Å². The molecule has 152 valence electrons. The summed E-state index contributed by atoms with van der Waals surface area (Å²) in [5.74, 6) is 0.0360. The standard InChI is InChI=1S/C19H24N6O.2ClH/c1-14-4-2-8-24-17(13-22-19(14)24)12-21-18(26)6-5-15-10-16-11-20-7-3-9-25(16)23-15;;/h2,4,8,10,13,20H,3,5-7,9,11-12H2,1H3,(H,21,26);2*1H. The molecule has 0 atom stereocenters. The van der Waals surface area contributed by atoms with Crippen LogP contribution in [0.4, 0.5) is 0 Å². The van der Waals surface area contributed by atoms with Crippen LogP contribution in [0.3, 0.4) is 0 Å². The lowest BCUT2D eigenvalue weighted by Crippen LogP contribution is -2.23. The first kappa shape index (κ1) is 22.2. The minimum atomic E-state index is 0. The lowest BCUT2D eigenvalue weighted by Gasteiger charge is -2.05. The highest BCUT2D eigenvalue weighted by atomic mass is 35.5. The van der Waals surface area contributed by atoms with Crippen LogP contribution in [0, 0.1) is 6.92 Å². The Morgan fingerprint density at radius 1 is 1.36 bits per heavy atom. The lowest BCUT2D eigenvalue weighted by molar-refractivity contribution is -0.121. The number of imidazole rings is 1. The van der Waals surface area contributed by atoms with E-state index >= 15 is 0 Å². The van der Waals surface area contributed by atoms with E-state index in [9.17, 15) is 4.79 Å². The molecule has 1 amide bonds. The maximum Gasteiger partial charge on any atom is 0.220 e. The second-order valence-corrected chi connectivity index (χ2v) is 6.79. The van der Waals surface area contributed by atoms with Crippen LogP contribution in [-0.2, 0) is 30.8 Å². The van der Waals surface area contributed by atoms with Crippen LogP contribution in [0.15, 0.2) is 30.6 Å². The average molecular weight is 425 g/mol. The van der Waals surface area contributed by atoms with Crippen molar-refractivity contribution >= 4 is 36.4 Å². The highest BCUT2D eigenvalue weighted by molar-refractivity contribution is 5.85. The van der Waals surface area contributed by atoms with E-state index in [0.29, 0.717) is 19.4 Å². The molecule has 0 fully saturated rings. The number of aromatic nitrogens is 4. The summed E-state index contributed by atoms with van der Waals surface area (Å²) in [6.45, 7) is 5.35. The maximum absolute atomic E-state index is 12.2. The molecule has 9 heteroatoms. The number of hydrogen-bond acceptors (Lipinski definition) is 4. The molecule has 0 aromatic carbocycles. The van der Waals surface area contributed by atoms with Crippen LogP contribution in [0.25, 0.3) is 5.65 Å². The van der Waals surface area contributed by atoms with E-state index in [2.05, 4.69) is 31.5 Å². The van der Waals surface area contributed by atoms with E-state index in [1.54, 1.807) is 0 Å². The van der Waals surface area contributed by atoms with Crippen molar-refractivity contribution in [3.05, 3.63) is 53.2 Å². The molecule has 0 saturated heterocycles. The maximum atomic E-state index is 12.2. The number of carbonyl (C=O) groups excluding carboxylic acids is 1. The number of hydrogen-bond donors (Lipinski definition) is 2. The van der Waals surface area contributed by atoms with Gasteiger partial charge >= 0.3 is 0 Å². The first-order valence-corrected chi connectivity index (χ1v) is 9.15. The lowest BCUT2D eigenvalue weighted by atomic mass is 10.2. The second kappa shape index (κ2) is 9.91. The van der Waals surface area contributed by atoms with Gasteiger partial charge in [-0.15, -0.1) is 24.8 Å². The number of pyridine rings is 1. The SMILES string of the molecule is Cc1cccn2c(CNC(=O)CCc3cc4n(n3)CCCNC4)cnc12.Cl.Cl. The van der Waals surface area contributed by atoms with Gasteiger partial charge in [0.15, 0.2) is 0 Å². The molecule has 1 aliphatic heterocycles. The van der Waals surface area contributed by atoms with Crippen molar-refractivity contribution in [2.45, 2.75) is 45.8 Å². The fraction of sp³-hybridized carbons (Fsp3) is 0.421. The number of nitrogens with one attached hydrogen (secondary N) is 2. The van der Waals surface area contributed by atoms with Crippen molar-refractivity contribution in [3.8, 4) is 0 Å². The molecule has 7 nitrogen and oxygen atoms in total. The Balaban J connectivity index is 0.00000140. The van der Waals surface area contributed by atoms with E-state index in [1.807, 2.05) is 35.9 Å². The monoisotopic (exact) mass is 424 g/mol. The van der Waals surface area contributed by atoms with E-state index in [1.165, 1.54) is 5.69 Å². The zero-order valence-corrected chi connectivity index (χ0v) is 17.5. The number of amides is 1. The molecule has 1 aliphatic rings. The molecule has 0 bridgehead atoms. The molecule has 4 heterocycles. The molecule has 0 spiro atoms. The molecule has 0 aliphatic carbocycles. The summed E-state index contributed by atoms with van der Waals surface area (Å²) in [5, 5.41) is 11.0. The Morgan fingerprint density at radius 3 is 3.07 bits per heavy atom. The summed E-state index contributed by atoms with van der Waals surface area (Å²) in [4.78, 5) is 16.7. The largest absolute Gasteiger partial charge is 0.350 e. The van der Waals surface area contributed by atoms with Gasteiger partial charge in [-0.25, -0.2) is 4.98 Å². The predicted molar refractivity (Wildman–Crippen MR) is 113 cm³/mol. The summed E-state index contributed by atoms with van der Waals surface area (Å²) in [6, 6.07) is 6.14. The Hall–Kier alpha value is -2.09. The minimum absolute atomic E-state index is 0. The van der Waals surface area contributed by atoms with Gasteiger partial charge in [0.1, 0.15) is 5.65 Å². The van der Waals surface area contributed by atoms with E-state index in [0.717, 1.165) is 48.7 Å². The molecule has 3 aromatic rings. The van der Waals surface area contributed by atoms with Crippen LogP contribution < -0.4 is 10.6 Å².